The molecule has 1 aromatic heterocycles. The number of benzene rings is 2. The molecule has 0 bridgehead atoms. The fourth-order valence-corrected chi connectivity index (χ4v) is 5.38. The van der Waals surface area contributed by atoms with E-state index in [2.05, 4.69) is 20.6 Å². The van der Waals surface area contributed by atoms with Crippen molar-refractivity contribution in [3.8, 4) is 22.6 Å². The van der Waals surface area contributed by atoms with Gasteiger partial charge in [-0.1, -0.05) is 29.3 Å². The molecule has 2 aromatic carbocycles. The standard InChI is InChI=1S/C27H32Cl2N4O6/c1-27(2,3)39-26(36)33-18-10-14(24(34)35)9-17(18)32-25-30-12-15-8-13(6-7-16(15)31-25)21-22(28)19(37-4)11-20(38-5)23(21)29/h6-8,11-12,14,17-18,24,34-35H,9-10H2,1-5H3,(H,33,36)(H,30,31,32)/t14?,17?,18-/m0/s1. The lowest BCUT2D eigenvalue weighted by atomic mass is 10.0. The van der Waals surface area contributed by atoms with Gasteiger partial charge in [0.2, 0.25) is 5.95 Å². The van der Waals surface area contributed by atoms with Crippen LogP contribution in [0.15, 0.2) is 30.5 Å². The van der Waals surface area contributed by atoms with Gasteiger partial charge in [-0.25, -0.2) is 14.8 Å². The molecule has 2 unspecified atom stereocenters. The van der Waals surface area contributed by atoms with Crippen molar-refractivity contribution >= 4 is 46.1 Å². The minimum Gasteiger partial charge on any atom is -0.495 e. The minimum atomic E-state index is -1.51. The maximum absolute atomic E-state index is 12.4. The molecule has 1 aliphatic carbocycles. The number of alkyl carbamates (subject to hydrolysis) is 1. The van der Waals surface area contributed by atoms with Crippen molar-refractivity contribution in [2.24, 2.45) is 5.92 Å². The van der Waals surface area contributed by atoms with Gasteiger partial charge in [-0.2, -0.15) is 0 Å². The van der Waals surface area contributed by atoms with Gasteiger partial charge in [-0.15, -0.1) is 0 Å². The van der Waals surface area contributed by atoms with Crippen molar-refractivity contribution in [1.29, 1.82) is 0 Å². The number of carbonyl (C=O) groups is 1. The molecule has 10 nitrogen and oxygen atoms in total. The van der Waals surface area contributed by atoms with Crippen molar-refractivity contribution < 1.29 is 29.2 Å². The highest BCUT2D eigenvalue weighted by Gasteiger charge is 2.39. The van der Waals surface area contributed by atoms with Crippen molar-refractivity contribution in [1.82, 2.24) is 15.3 Å². The number of halogens is 2. The smallest absolute Gasteiger partial charge is 0.407 e. The molecule has 0 radical (unpaired) electrons. The van der Waals surface area contributed by atoms with E-state index < -0.39 is 29.9 Å². The van der Waals surface area contributed by atoms with Gasteiger partial charge >= 0.3 is 6.09 Å². The summed E-state index contributed by atoms with van der Waals surface area (Å²) in [7, 11) is 3.03. The molecule has 0 aliphatic heterocycles. The molecular weight excluding hydrogens is 547 g/mol. The summed E-state index contributed by atoms with van der Waals surface area (Å²) < 4.78 is 16.1. The van der Waals surface area contributed by atoms with Crippen LogP contribution in [0.3, 0.4) is 0 Å². The number of amides is 1. The van der Waals surface area contributed by atoms with Crippen LogP contribution in [0.4, 0.5) is 10.7 Å². The number of ether oxygens (including phenoxy) is 3. The third-order valence-corrected chi connectivity index (χ3v) is 7.23. The number of hydrogen-bond acceptors (Lipinski definition) is 9. The molecule has 12 heteroatoms. The first-order valence-electron chi connectivity index (χ1n) is 12.4. The van der Waals surface area contributed by atoms with E-state index >= 15 is 0 Å². The molecule has 4 N–H and O–H groups in total. The van der Waals surface area contributed by atoms with E-state index in [1.54, 1.807) is 33.0 Å². The Bertz CT molecular complexity index is 1340. The minimum absolute atomic E-state index is 0.337. The topological polar surface area (TPSA) is 135 Å². The summed E-state index contributed by atoms with van der Waals surface area (Å²) in [5.74, 6) is 0.769. The number of rotatable bonds is 7. The second-order valence-electron chi connectivity index (χ2n) is 10.4. The number of aliphatic hydroxyl groups is 2. The summed E-state index contributed by atoms with van der Waals surface area (Å²) in [6.07, 6.45) is 0.330. The lowest BCUT2D eigenvalue weighted by Gasteiger charge is -2.25. The van der Waals surface area contributed by atoms with Crippen LogP contribution in [-0.4, -0.2) is 64.5 Å². The largest absolute Gasteiger partial charge is 0.495 e. The Morgan fingerprint density at radius 2 is 1.69 bits per heavy atom. The van der Waals surface area contributed by atoms with Crippen LogP contribution < -0.4 is 20.1 Å². The Morgan fingerprint density at radius 1 is 1.05 bits per heavy atom. The molecule has 0 saturated heterocycles. The Kier molecular flexibility index (Phi) is 8.60. The maximum Gasteiger partial charge on any atom is 0.407 e. The molecular formula is C27H32Cl2N4O6. The summed E-state index contributed by atoms with van der Waals surface area (Å²) >= 11 is 13.2. The maximum atomic E-state index is 12.4. The van der Waals surface area contributed by atoms with Gasteiger partial charge in [0, 0.05) is 35.2 Å². The second kappa shape index (κ2) is 11.6. The summed E-state index contributed by atoms with van der Waals surface area (Å²) in [6.45, 7) is 5.33. The highest BCUT2D eigenvalue weighted by atomic mass is 35.5. The van der Waals surface area contributed by atoms with Crippen LogP contribution in [0.25, 0.3) is 22.0 Å². The van der Waals surface area contributed by atoms with Crippen molar-refractivity contribution in [3.63, 3.8) is 0 Å². The number of nitrogens with one attached hydrogen (secondary N) is 2. The van der Waals surface area contributed by atoms with Gasteiger partial charge < -0.3 is 35.1 Å². The predicted molar refractivity (Wildman–Crippen MR) is 150 cm³/mol. The number of hydrogen-bond donors (Lipinski definition) is 4. The van der Waals surface area contributed by atoms with Crippen molar-refractivity contribution in [2.75, 3.05) is 19.5 Å². The highest BCUT2D eigenvalue weighted by molar-refractivity contribution is 6.41. The van der Waals surface area contributed by atoms with E-state index in [1.807, 2.05) is 18.2 Å². The van der Waals surface area contributed by atoms with Gasteiger partial charge in [0.25, 0.3) is 0 Å². The van der Waals surface area contributed by atoms with Crippen LogP contribution >= 0.6 is 23.2 Å². The van der Waals surface area contributed by atoms with Gasteiger partial charge in [-0.3, -0.25) is 0 Å². The Hall–Kier alpha value is -3.05. The van der Waals surface area contributed by atoms with Crippen LogP contribution in [0.2, 0.25) is 10.0 Å². The first-order valence-corrected chi connectivity index (χ1v) is 13.1. The molecule has 1 amide bonds. The van der Waals surface area contributed by atoms with Gasteiger partial charge in [-0.05, 0) is 51.3 Å². The fraction of sp³-hybridized carbons (Fsp3) is 0.444. The summed E-state index contributed by atoms with van der Waals surface area (Å²) in [4.78, 5) is 21.5. The summed E-state index contributed by atoms with van der Waals surface area (Å²) in [5.41, 5.74) is 1.30. The molecule has 1 aliphatic rings. The molecule has 1 fully saturated rings. The van der Waals surface area contributed by atoms with E-state index in [4.69, 9.17) is 37.4 Å². The first-order chi connectivity index (χ1) is 18.4. The van der Waals surface area contributed by atoms with E-state index in [9.17, 15) is 15.0 Å². The quantitative estimate of drug-likeness (QED) is 0.285. The van der Waals surface area contributed by atoms with Crippen LogP contribution in [-0.2, 0) is 4.74 Å². The Morgan fingerprint density at radius 3 is 2.28 bits per heavy atom. The van der Waals surface area contributed by atoms with Crippen molar-refractivity contribution in [2.45, 2.75) is 57.6 Å². The highest BCUT2D eigenvalue weighted by Crippen LogP contribution is 2.46. The lowest BCUT2D eigenvalue weighted by Crippen LogP contribution is -2.45. The van der Waals surface area contributed by atoms with Crippen molar-refractivity contribution in [3.05, 3.63) is 40.5 Å². The molecule has 3 aromatic rings. The lowest BCUT2D eigenvalue weighted by molar-refractivity contribution is -0.0821. The fourth-order valence-electron chi connectivity index (χ4n) is 4.66. The normalized spacial score (nSPS) is 19.3. The van der Waals surface area contributed by atoms with Crippen LogP contribution in [0, 0.1) is 5.92 Å². The van der Waals surface area contributed by atoms with Gasteiger partial charge in [0.1, 0.15) is 17.1 Å². The molecule has 3 atom stereocenters. The number of carbonyl (C=O) groups excluding carboxylic acids is 1. The Balaban J connectivity index is 1.59. The molecule has 4 rings (SSSR count). The monoisotopic (exact) mass is 578 g/mol. The SMILES string of the molecule is COc1cc(OC)c(Cl)c(-c2ccc3nc(NC4CC(C(O)O)C[C@@H]4NC(=O)OC(C)(C)C)ncc3c2)c1Cl. The van der Waals surface area contributed by atoms with E-state index in [-0.39, 0.29) is 6.04 Å². The van der Waals surface area contributed by atoms with E-state index in [0.717, 1.165) is 10.9 Å². The third-order valence-electron chi connectivity index (χ3n) is 6.48. The number of fused-ring (bicyclic) bond motifs is 1. The second-order valence-corrected chi connectivity index (χ2v) is 11.2. The number of aromatic nitrogens is 2. The summed E-state index contributed by atoms with van der Waals surface area (Å²) in [5, 5.41) is 27.0. The molecule has 1 heterocycles. The molecule has 210 valence electrons. The first kappa shape index (κ1) is 28.9. The number of nitrogens with zero attached hydrogens (tertiary/aromatic N) is 2. The van der Waals surface area contributed by atoms with Gasteiger partial charge in [0.05, 0.1) is 35.8 Å². The Labute approximate surface area is 236 Å². The number of anilines is 1. The predicted octanol–water partition coefficient (Wildman–Crippen LogP) is 5.02. The molecule has 39 heavy (non-hydrogen) atoms. The van der Waals surface area contributed by atoms with E-state index in [0.29, 0.717) is 51.4 Å². The van der Waals surface area contributed by atoms with Crippen LogP contribution in [0.1, 0.15) is 33.6 Å². The zero-order chi connectivity index (χ0) is 28.5. The molecule has 1 saturated carbocycles. The number of aliphatic hydroxyl groups excluding tert-OH is 1. The van der Waals surface area contributed by atoms with E-state index in [1.165, 1.54) is 14.2 Å². The molecule has 0 spiro atoms. The van der Waals surface area contributed by atoms with Gasteiger partial charge in [0.15, 0.2) is 6.29 Å². The zero-order valence-corrected chi connectivity index (χ0v) is 23.8. The average molecular weight is 579 g/mol. The van der Waals surface area contributed by atoms with Crippen LogP contribution in [0.5, 0.6) is 11.5 Å². The summed E-state index contributed by atoms with van der Waals surface area (Å²) in [6, 6.07) is 6.40. The number of methoxy groups -OCH3 is 2. The zero-order valence-electron chi connectivity index (χ0n) is 22.3. The average Bonchev–Trinajstić information content (AvgIpc) is 3.25. The third kappa shape index (κ3) is 6.58.